The van der Waals surface area contributed by atoms with Gasteiger partial charge in [0, 0.05) is 0 Å². The van der Waals surface area contributed by atoms with Gasteiger partial charge in [0.25, 0.3) is 0 Å². The predicted molar refractivity (Wildman–Crippen MR) is 96.8 cm³/mol. The van der Waals surface area contributed by atoms with E-state index >= 15 is 0 Å². The summed E-state index contributed by atoms with van der Waals surface area (Å²) in [7, 11) is 1.55. The molecule has 0 radical (unpaired) electrons. The van der Waals surface area contributed by atoms with Gasteiger partial charge in [-0.3, -0.25) is 4.79 Å². The van der Waals surface area contributed by atoms with Gasteiger partial charge in [-0.2, -0.15) is 0 Å². The van der Waals surface area contributed by atoms with Crippen molar-refractivity contribution in [1.29, 1.82) is 0 Å². The van der Waals surface area contributed by atoms with Crippen molar-refractivity contribution in [3.8, 4) is 5.75 Å². The highest BCUT2D eigenvalue weighted by molar-refractivity contribution is 5.89. The average molecular weight is 375 g/mol. The molecule has 6 nitrogen and oxygen atoms in total. The van der Waals surface area contributed by atoms with E-state index in [2.05, 4.69) is 5.32 Å². The Bertz CT molecular complexity index is 808. The van der Waals surface area contributed by atoms with Crippen molar-refractivity contribution in [2.75, 3.05) is 7.11 Å². The maximum atomic E-state index is 13.1. The lowest BCUT2D eigenvalue weighted by atomic mass is 9.91. The first-order valence-electron chi connectivity index (χ1n) is 8.32. The summed E-state index contributed by atoms with van der Waals surface area (Å²) in [6.45, 7) is 3.03. The summed E-state index contributed by atoms with van der Waals surface area (Å²) in [6.07, 6.45) is -0.893. The molecule has 0 aliphatic rings. The molecule has 2 N–H and O–H groups in total. The minimum absolute atomic E-state index is 0.159. The van der Waals surface area contributed by atoms with Gasteiger partial charge in [-0.25, -0.2) is 9.18 Å². The van der Waals surface area contributed by atoms with Crippen LogP contribution >= 0.6 is 0 Å². The zero-order chi connectivity index (χ0) is 20.0. The number of carbonyl (C=O) groups is 2. The Balaban J connectivity index is 2.05. The topological polar surface area (TPSA) is 84.9 Å². The summed E-state index contributed by atoms with van der Waals surface area (Å²) in [6, 6.07) is 12.1. The number of aliphatic carboxylic acids is 1. The molecule has 27 heavy (non-hydrogen) atoms. The van der Waals surface area contributed by atoms with Gasteiger partial charge in [0.1, 0.15) is 17.7 Å². The second kappa shape index (κ2) is 8.64. The Morgan fingerprint density at radius 2 is 1.89 bits per heavy atom. The van der Waals surface area contributed by atoms with Crippen LogP contribution in [0.3, 0.4) is 0 Å². The largest absolute Gasteiger partial charge is 0.497 e. The van der Waals surface area contributed by atoms with Crippen LogP contribution in [0, 0.1) is 5.82 Å². The van der Waals surface area contributed by atoms with Crippen LogP contribution in [0.1, 0.15) is 25.0 Å². The molecule has 0 aliphatic heterocycles. The first kappa shape index (κ1) is 20.4. The molecule has 7 heteroatoms. The van der Waals surface area contributed by atoms with E-state index in [1.54, 1.807) is 25.3 Å². The van der Waals surface area contributed by atoms with Crippen molar-refractivity contribution in [3.05, 3.63) is 65.5 Å². The van der Waals surface area contributed by atoms with E-state index < -0.39 is 29.3 Å². The molecule has 0 saturated heterocycles. The van der Waals surface area contributed by atoms with Crippen LogP contribution in [-0.2, 0) is 26.5 Å². The number of halogens is 1. The molecular weight excluding hydrogens is 353 g/mol. The van der Waals surface area contributed by atoms with Crippen LogP contribution in [0.15, 0.2) is 48.5 Å². The van der Waals surface area contributed by atoms with Crippen LogP contribution in [0.5, 0.6) is 5.75 Å². The van der Waals surface area contributed by atoms with Gasteiger partial charge < -0.3 is 19.9 Å². The number of nitrogens with one attached hydrogen (secondary N) is 1. The number of carboxylic acid groups (broad SMARTS) is 1. The molecule has 0 bridgehead atoms. The van der Waals surface area contributed by atoms with Gasteiger partial charge in [-0.15, -0.1) is 0 Å². The standard InChI is InChI=1S/C20H22FNO5/c1-13(27-12-14-5-4-6-17(11-14)26-3)18(23)22-20(2,19(24)25)15-7-9-16(21)10-8-15/h4-11,13H,12H2,1-3H3,(H,22,23)(H,24,25). The SMILES string of the molecule is COc1cccc(COC(C)C(=O)NC(C)(C(=O)O)c2ccc(F)cc2)c1. The van der Waals surface area contributed by atoms with Crippen LogP contribution in [0.25, 0.3) is 0 Å². The maximum absolute atomic E-state index is 13.1. The number of ether oxygens (including phenoxy) is 2. The molecule has 2 unspecified atom stereocenters. The lowest BCUT2D eigenvalue weighted by Crippen LogP contribution is -2.52. The average Bonchev–Trinajstić information content (AvgIpc) is 2.66. The molecule has 2 atom stereocenters. The monoisotopic (exact) mass is 375 g/mol. The normalized spacial score (nSPS) is 14.1. The first-order chi connectivity index (χ1) is 12.8. The van der Waals surface area contributed by atoms with Crippen LogP contribution in [0.4, 0.5) is 4.39 Å². The molecule has 2 aromatic rings. The zero-order valence-electron chi connectivity index (χ0n) is 15.4. The summed E-state index contributed by atoms with van der Waals surface area (Å²) in [5, 5.41) is 12.1. The molecule has 0 saturated carbocycles. The van der Waals surface area contributed by atoms with Crippen molar-refractivity contribution in [3.63, 3.8) is 0 Å². The third kappa shape index (κ3) is 5.04. The Kier molecular flexibility index (Phi) is 6.52. The predicted octanol–water partition coefficient (Wildman–Crippen LogP) is 2.86. The number of carboxylic acids is 1. The fourth-order valence-electron chi connectivity index (χ4n) is 2.44. The lowest BCUT2D eigenvalue weighted by molar-refractivity contribution is -0.149. The molecule has 1 amide bonds. The van der Waals surface area contributed by atoms with Crippen LogP contribution < -0.4 is 10.1 Å². The first-order valence-corrected chi connectivity index (χ1v) is 8.32. The van der Waals surface area contributed by atoms with Crippen molar-refractivity contribution < 1.29 is 28.6 Å². The van der Waals surface area contributed by atoms with E-state index in [-0.39, 0.29) is 12.2 Å². The number of amides is 1. The van der Waals surface area contributed by atoms with Gasteiger partial charge in [0.2, 0.25) is 5.91 Å². The van der Waals surface area contributed by atoms with E-state index in [0.29, 0.717) is 5.75 Å². The van der Waals surface area contributed by atoms with Gasteiger partial charge in [0.05, 0.1) is 13.7 Å². The Morgan fingerprint density at radius 3 is 2.48 bits per heavy atom. The number of hydrogen-bond acceptors (Lipinski definition) is 4. The minimum Gasteiger partial charge on any atom is -0.497 e. The molecule has 0 fully saturated rings. The van der Waals surface area contributed by atoms with E-state index in [9.17, 15) is 19.1 Å². The molecule has 2 aromatic carbocycles. The molecule has 0 aliphatic carbocycles. The van der Waals surface area contributed by atoms with Gasteiger partial charge in [0.15, 0.2) is 5.54 Å². The highest BCUT2D eigenvalue weighted by Gasteiger charge is 2.38. The van der Waals surface area contributed by atoms with E-state index in [0.717, 1.165) is 17.7 Å². The quantitative estimate of drug-likeness (QED) is 0.741. The van der Waals surface area contributed by atoms with Crippen molar-refractivity contribution in [2.24, 2.45) is 0 Å². The highest BCUT2D eigenvalue weighted by Crippen LogP contribution is 2.22. The van der Waals surface area contributed by atoms with Crippen molar-refractivity contribution in [1.82, 2.24) is 5.32 Å². The zero-order valence-corrected chi connectivity index (χ0v) is 15.4. The van der Waals surface area contributed by atoms with Gasteiger partial charge in [-0.05, 0) is 49.2 Å². The number of hydrogen-bond donors (Lipinski definition) is 2. The molecule has 2 rings (SSSR count). The number of benzene rings is 2. The lowest BCUT2D eigenvalue weighted by Gasteiger charge is -2.28. The Hall–Kier alpha value is -2.93. The number of rotatable bonds is 8. The summed E-state index contributed by atoms with van der Waals surface area (Å²) in [5.41, 5.74) is -0.642. The second-order valence-corrected chi connectivity index (χ2v) is 6.23. The van der Waals surface area contributed by atoms with E-state index in [1.165, 1.54) is 26.0 Å². The Morgan fingerprint density at radius 1 is 1.22 bits per heavy atom. The summed E-state index contributed by atoms with van der Waals surface area (Å²) in [4.78, 5) is 24.2. The third-order valence-corrected chi connectivity index (χ3v) is 4.23. The van der Waals surface area contributed by atoms with E-state index in [1.807, 2.05) is 6.07 Å². The van der Waals surface area contributed by atoms with E-state index in [4.69, 9.17) is 9.47 Å². The molecule has 0 heterocycles. The van der Waals surface area contributed by atoms with Gasteiger partial charge in [-0.1, -0.05) is 24.3 Å². The third-order valence-electron chi connectivity index (χ3n) is 4.23. The summed E-state index contributed by atoms with van der Waals surface area (Å²) in [5.74, 6) is -1.68. The van der Waals surface area contributed by atoms with Crippen LogP contribution in [-0.4, -0.2) is 30.2 Å². The highest BCUT2D eigenvalue weighted by atomic mass is 19.1. The van der Waals surface area contributed by atoms with Crippen LogP contribution in [0.2, 0.25) is 0 Å². The molecular formula is C20H22FNO5. The molecule has 0 aromatic heterocycles. The van der Waals surface area contributed by atoms with Crippen molar-refractivity contribution >= 4 is 11.9 Å². The Labute approximate surface area is 156 Å². The molecule has 144 valence electrons. The van der Waals surface area contributed by atoms with Gasteiger partial charge >= 0.3 is 5.97 Å². The minimum atomic E-state index is -1.71. The summed E-state index contributed by atoms with van der Waals surface area (Å²) >= 11 is 0. The molecule has 0 spiro atoms. The maximum Gasteiger partial charge on any atom is 0.333 e. The summed E-state index contributed by atoms with van der Waals surface area (Å²) < 4.78 is 23.8. The number of methoxy groups -OCH3 is 1. The fourth-order valence-corrected chi connectivity index (χ4v) is 2.44. The number of carbonyl (C=O) groups excluding carboxylic acids is 1. The fraction of sp³-hybridized carbons (Fsp3) is 0.300. The smallest absolute Gasteiger partial charge is 0.333 e. The van der Waals surface area contributed by atoms with Crippen molar-refractivity contribution in [2.45, 2.75) is 32.1 Å². The second-order valence-electron chi connectivity index (χ2n) is 6.23.